The molecule has 0 aliphatic rings. The van der Waals surface area contributed by atoms with Crippen LogP contribution < -0.4 is 5.32 Å². The third-order valence-electron chi connectivity index (χ3n) is 3.03. The molecule has 0 spiro atoms. The van der Waals surface area contributed by atoms with Crippen molar-refractivity contribution < 1.29 is 19.4 Å². The minimum absolute atomic E-state index is 0.131. The van der Waals surface area contributed by atoms with Crippen molar-refractivity contribution in [3.63, 3.8) is 0 Å². The lowest BCUT2D eigenvalue weighted by Crippen LogP contribution is -2.44. The number of carbonyl (C=O) groups excluding carboxylic acids is 1. The molecule has 0 aliphatic carbocycles. The van der Waals surface area contributed by atoms with Gasteiger partial charge in [-0.1, -0.05) is 12.1 Å². The van der Waals surface area contributed by atoms with E-state index in [9.17, 15) is 14.7 Å². The number of hydrogen-bond acceptors (Lipinski definition) is 5. The molecule has 0 fully saturated rings. The van der Waals surface area contributed by atoms with Crippen molar-refractivity contribution in [1.29, 1.82) is 0 Å². The number of nitrogens with one attached hydrogen (secondary N) is 1. The van der Waals surface area contributed by atoms with Crippen LogP contribution >= 0.6 is 11.3 Å². The Labute approximate surface area is 144 Å². The molecule has 7 heteroatoms. The van der Waals surface area contributed by atoms with E-state index in [0.29, 0.717) is 0 Å². The third-order valence-corrected chi connectivity index (χ3v) is 3.92. The largest absolute Gasteiger partial charge is 0.480 e. The molecule has 2 aromatic rings. The Balaban J connectivity index is 2.02. The monoisotopic (exact) mass is 348 g/mol. The minimum atomic E-state index is -1.12. The van der Waals surface area contributed by atoms with Crippen LogP contribution in [-0.2, 0) is 16.0 Å². The van der Waals surface area contributed by atoms with Crippen LogP contribution in [0.5, 0.6) is 0 Å². The molecule has 1 atom stereocenters. The molecule has 0 radical (unpaired) electrons. The van der Waals surface area contributed by atoms with Gasteiger partial charge in [0.2, 0.25) is 0 Å². The Morgan fingerprint density at radius 3 is 2.58 bits per heavy atom. The molecule has 0 saturated carbocycles. The van der Waals surface area contributed by atoms with E-state index in [0.717, 1.165) is 16.1 Å². The summed E-state index contributed by atoms with van der Waals surface area (Å²) in [6.07, 6.45) is 1.01. The van der Waals surface area contributed by atoms with Crippen molar-refractivity contribution in [1.82, 2.24) is 10.3 Å². The normalized spacial score (nSPS) is 12.5. The highest BCUT2D eigenvalue weighted by atomic mass is 32.1. The van der Waals surface area contributed by atoms with E-state index in [4.69, 9.17) is 4.74 Å². The van der Waals surface area contributed by atoms with Gasteiger partial charge in [0.1, 0.15) is 11.6 Å². The zero-order valence-electron chi connectivity index (χ0n) is 13.8. The standard InChI is InChI=1S/C17H20N2O4S/c1-17(2,3)23-16(22)19-13(15(20)21)9-11-6-7-12(18-10-11)14-5-4-8-24-14/h4-8,10,13H,9H2,1-3H3,(H,19,22)(H,20,21). The van der Waals surface area contributed by atoms with Gasteiger partial charge in [0, 0.05) is 12.6 Å². The van der Waals surface area contributed by atoms with Gasteiger partial charge in [-0.2, -0.15) is 0 Å². The molecule has 0 bridgehead atoms. The van der Waals surface area contributed by atoms with Crippen molar-refractivity contribution in [3.05, 3.63) is 41.4 Å². The number of nitrogens with zero attached hydrogens (tertiary/aromatic N) is 1. The van der Waals surface area contributed by atoms with Crippen LogP contribution in [0.2, 0.25) is 0 Å². The first-order valence-corrected chi connectivity index (χ1v) is 8.34. The summed E-state index contributed by atoms with van der Waals surface area (Å²) in [5, 5.41) is 13.6. The molecule has 2 heterocycles. The molecule has 2 aromatic heterocycles. The van der Waals surface area contributed by atoms with E-state index in [1.54, 1.807) is 38.3 Å². The second-order valence-corrected chi connectivity index (χ2v) is 7.22. The summed E-state index contributed by atoms with van der Waals surface area (Å²) in [6.45, 7) is 5.15. The van der Waals surface area contributed by atoms with E-state index in [2.05, 4.69) is 10.3 Å². The van der Waals surface area contributed by atoms with Crippen LogP contribution in [0, 0.1) is 0 Å². The van der Waals surface area contributed by atoms with Crippen molar-refractivity contribution in [2.75, 3.05) is 0 Å². The van der Waals surface area contributed by atoms with Gasteiger partial charge in [-0.3, -0.25) is 4.98 Å². The van der Waals surface area contributed by atoms with Gasteiger partial charge < -0.3 is 15.2 Å². The maximum atomic E-state index is 11.8. The first-order valence-electron chi connectivity index (χ1n) is 7.46. The quantitative estimate of drug-likeness (QED) is 0.865. The number of ether oxygens (including phenoxy) is 1. The Kier molecular flexibility index (Phi) is 5.56. The molecular weight excluding hydrogens is 328 g/mol. The highest BCUT2D eigenvalue weighted by Gasteiger charge is 2.24. The number of rotatable bonds is 5. The number of aliphatic carboxylic acids is 1. The molecule has 1 amide bonds. The van der Waals surface area contributed by atoms with E-state index in [1.165, 1.54) is 0 Å². The van der Waals surface area contributed by atoms with E-state index in [-0.39, 0.29) is 6.42 Å². The lowest BCUT2D eigenvalue weighted by atomic mass is 10.1. The average molecular weight is 348 g/mol. The van der Waals surface area contributed by atoms with Gasteiger partial charge in [-0.25, -0.2) is 9.59 Å². The molecule has 128 valence electrons. The van der Waals surface area contributed by atoms with Gasteiger partial charge in [0.05, 0.1) is 10.6 Å². The Morgan fingerprint density at radius 2 is 2.08 bits per heavy atom. The molecular formula is C17H20N2O4S. The van der Waals surface area contributed by atoms with Crippen LogP contribution in [0.25, 0.3) is 10.6 Å². The zero-order valence-corrected chi connectivity index (χ0v) is 14.6. The fourth-order valence-electron chi connectivity index (χ4n) is 2.00. The van der Waals surface area contributed by atoms with Crippen LogP contribution in [-0.4, -0.2) is 33.8 Å². The van der Waals surface area contributed by atoms with Gasteiger partial charge in [0.15, 0.2) is 0 Å². The summed E-state index contributed by atoms with van der Waals surface area (Å²) in [5.74, 6) is -1.12. The van der Waals surface area contributed by atoms with E-state index >= 15 is 0 Å². The third kappa shape index (κ3) is 5.34. The summed E-state index contributed by atoms with van der Waals surface area (Å²) in [4.78, 5) is 28.5. The number of carboxylic acid groups (broad SMARTS) is 1. The summed E-state index contributed by atoms with van der Waals surface area (Å²) in [5.41, 5.74) is 0.872. The number of carbonyl (C=O) groups is 2. The number of amides is 1. The molecule has 1 unspecified atom stereocenters. The molecule has 0 saturated heterocycles. The zero-order chi connectivity index (χ0) is 17.7. The minimum Gasteiger partial charge on any atom is -0.480 e. The average Bonchev–Trinajstić information content (AvgIpc) is 2.99. The molecule has 2 rings (SSSR count). The van der Waals surface area contributed by atoms with Crippen LogP contribution in [0.3, 0.4) is 0 Å². The van der Waals surface area contributed by atoms with Crippen LogP contribution in [0.15, 0.2) is 35.8 Å². The lowest BCUT2D eigenvalue weighted by molar-refractivity contribution is -0.139. The summed E-state index contributed by atoms with van der Waals surface area (Å²) >= 11 is 1.58. The summed E-state index contributed by atoms with van der Waals surface area (Å²) in [7, 11) is 0. The van der Waals surface area contributed by atoms with Gasteiger partial charge in [0.25, 0.3) is 0 Å². The van der Waals surface area contributed by atoms with Crippen LogP contribution in [0.1, 0.15) is 26.3 Å². The lowest BCUT2D eigenvalue weighted by Gasteiger charge is -2.22. The van der Waals surface area contributed by atoms with Crippen molar-refractivity contribution in [2.45, 2.75) is 38.8 Å². The Morgan fingerprint density at radius 1 is 1.33 bits per heavy atom. The Bertz CT molecular complexity index is 690. The number of hydrogen-bond donors (Lipinski definition) is 2. The second kappa shape index (κ2) is 7.44. The number of alkyl carbamates (subject to hydrolysis) is 1. The molecule has 0 aliphatic heterocycles. The summed E-state index contributed by atoms with van der Waals surface area (Å²) in [6, 6.07) is 6.49. The number of aromatic nitrogens is 1. The van der Waals surface area contributed by atoms with Crippen molar-refractivity contribution in [3.8, 4) is 10.6 Å². The predicted octanol–water partition coefficient (Wildman–Crippen LogP) is 3.33. The first kappa shape index (κ1) is 17.9. The smallest absolute Gasteiger partial charge is 0.408 e. The topological polar surface area (TPSA) is 88.5 Å². The Hall–Kier alpha value is -2.41. The molecule has 6 nitrogen and oxygen atoms in total. The number of thiophene rings is 1. The first-order chi connectivity index (χ1) is 11.2. The number of pyridine rings is 1. The van der Waals surface area contributed by atoms with E-state index in [1.807, 2.05) is 29.6 Å². The molecule has 0 aromatic carbocycles. The predicted molar refractivity (Wildman–Crippen MR) is 92.0 cm³/mol. The molecule has 24 heavy (non-hydrogen) atoms. The molecule has 2 N–H and O–H groups in total. The van der Waals surface area contributed by atoms with Crippen molar-refractivity contribution >= 4 is 23.4 Å². The van der Waals surface area contributed by atoms with Gasteiger partial charge in [-0.15, -0.1) is 11.3 Å². The van der Waals surface area contributed by atoms with Crippen molar-refractivity contribution in [2.24, 2.45) is 0 Å². The van der Waals surface area contributed by atoms with Gasteiger partial charge >= 0.3 is 12.1 Å². The SMILES string of the molecule is CC(C)(C)OC(=O)NC(Cc1ccc(-c2cccs2)nc1)C(=O)O. The maximum Gasteiger partial charge on any atom is 0.408 e. The van der Waals surface area contributed by atoms with Gasteiger partial charge in [-0.05, 0) is 43.8 Å². The van der Waals surface area contributed by atoms with Crippen LogP contribution in [0.4, 0.5) is 4.79 Å². The fraction of sp³-hybridized carbons (Fsp3) is 0.353. The maximum absolute atomic E-state index is 11.8. The number of carboxylic acids is 1. The highest BCUT2D eigenvalue weighted by molar-refractivity contribution is 7.13. The highest BCUT2D eigenvalue weighted by Crippen LogP contribution is 2.22. The summed E-state index contributed by atoms with van der Waals surface area (Å²) < 4.78 is 5.10. The second-order valence-electron chi connectivity index (χ2n) is 6.27. The van der Waals surface area contributed by atoms with E-state index < -0.39 is 23.7 Å². The fourth-order valence-corrected chi connectivity index (χ4v) is 2.70.